The first-order chi connectivity index (χ1) is 13.6. The summed E-state index contributed by atoms with van der Waals surface area (Å²) in [6.07, 6.45) is 9.14. The maximum absolute atomic E-state index is 13.6. The van der Waals surface area contributed by atoms with Crippen LogP contribution in [0.25, 0.3) is 10.3 Å². The Morgan fingerprint density at radius 2 is 1.68 bits per heavy atom. The summed E-state index contributed by atoms with van der Waals surface area (Å²) in [5.41, 5.74) is 6.61. The van der Waals surface area contributed by atoms with Gasteiger partial charge in [0.15, 0.2) is 15.8 Å². The molecule has 5 fully saturated rings. The molecule has 4 saturated carbocycles. The molecule has 148 valence electrons. The maximum Gasteiger partial charge on any atom is 0.228 e. The molecule has 4 aliphatic carbocycles. The van der Waals surface area contributed by atoms with Gasteiger partial charge in [-0.2, -0.15) is 0 Å². The van der Waals surface area contributed by atoms with Gasteiger partial charge in [-0.15, -0.1) is 0 Å². The summed E-state index contributed by atoms with van der Waals surface area (Å²) in [5, 5.41) is 0.521. The van der Waals surface area contributed by atoms with Crippen LogP contribution in [-0.4, -0.2) is 51.9 Å². The van der Waals surface area contributed by atoms with E-state index in [0.717, 1.165) is 79.4 Å². The van der Waals surface area contributed by atoms with E-state index in [1.165, 1.54) is 30.6 Å². The maximum atomic E-state index is 13.6. The second kappa shape index (κ2) is 6.02. The highest BCUT2D eigenvalue weighted by Crippen LogP contribution is 2.60. The van der Waals surface area contributed by atoms with Gasteiger partial charge in [-0.05, 0) is 56.3 Å². The van der Waals surface area contributed by atoms with Crippen LogP contribution < -0.4 is 10.6 Å². The van der Waals surface area contributed by atoms with E-state index in [4.69, 9.17) is 5.73 Å². The van der Waals surface area contributed by atoms with Gasteiger partial charge >= 0.3 is 0 Å². The van der Waals surface area contributed by atoms with E-state index < -0.39 is 0 Å². The molecule has 4 bridgehead atoms. The first kappa shape index (κ1) is 16.9. The van der Waals surface area contributed by atoms with Gasteiger partial charge in [0.2, 0.25) is 5.91 Å². The summed E-state index contributed by atoms with van der Waals surface area (Å²) in [6, 6.07) is 0. The van der Waals surface area contributed by atoms with Crippen molar-refractivity contribution in [3.8, 4) is 0 Å². The quantitative estimate of drug-likeness (QED) is 0.836. The molecular formula is C20H26N6OS. The second-order valence-corrected chi connectivity index (χ2v) is 10.4. The largest absolute Gasteiger partial charge is 0.375 e. The van der Waals surface area contributed by atoms with E-state index in [0.29, 0.717) is 11.0 Å². The lowest BCUT2D eigenvalue weighted by Crippen LogP contribution is -2.58. The fourth-order valence-corrected chi connectivity index (χ4v) is 7.49. The van der Waals surface area contributed by atoms with Crippen LogP contribution in [0.5, 0.6) is 0 Å². The molecule has 8 heteroatoms. The normalized spacial score (nSPS) is 34.4. The third-order valence-corrected chi connectivity index (χ3v) is 8.34. The number of rotatable bonds is 2. The molecule has 2 aromatic heterocycles. The Labute approximate surface area is 168 Å². The molecule has 0 radical (unpaired) electrons. The molecule has 7 rings (SSSR count). The van der Waals surface area contributed by atoms with Crippen LogP contribution in [0, 0.1) is 23.2 Å². The number of carbonyl (C=O) groups is 1. The van der Waals surface area contributed by atoms with Crippen LogP contribution in [0.4, 0.5) is 10.9 Å². The minimum atomic E-state index is -0.0392. The number of nitrogen functional groups attached to an aromatic ring is 1. The molecule has 2 N–H and O–H groups in total. The SMILES string of the molecule is Nc1nc2c(N3CCN(C(=O)C45CC6CC(CC(C6)C4)C5)CC3)ncnc2s1. The minimum absolute atomic E-state index is 0.0392. The Balaban J connectivity index is 1.19. The Morgan fingerprint density at radius 3 is 2.32 bits per heavy atom. The van der Waals surface area contributed by atoms with E-state index in [9.17, 15) is 4.79 Å². The van der Waals surface area contributed by atoms with Crippen molar-refractivity contribution in [3.63, 3.8) is 0 Å². The number of anilines is 2. The number of nitrogens with zero attached hydrogens (tertiary/aromatic N) is 5. The molecule has 0 unspecified atom stereocenters. The van der Waals surface area contributed by atoms with Gasteiger partial charge in [0.25, 0.3) is 0 Å². The molecular weight excluding hydrogens is 372 g/mol. The zero-order valence-electron chi connectivity index (χ0n) is 16.0. The van der Waals surface area contributed by atoms with Crippen molar-refractivity contribution in [1.29, 1.82) is 0 Å². The summed E-state index contributed by atoms with van der Waals surface area (Å²) in [4.78, 5) is 31.9. The zero-order chi connectivity index (χ0) is 18.9. The van der Waals surface area contributed by atoms with Crippen LogP contribution >= 0.6 is 11.3 Å². The molecule has 5 aliphatic rings. The molecule has 7 nitrogen and oxygen atoms in total. The van der Waals surface area contributed by atoms with Gasteiger partial charge in [0.05, 0.1) is 5.41 Å². The lowest BCUT2D eigenvalue weighted by molar-refractivity contribution is -0.158. The first-order valence-electron chi connectivity index (χ1n) is 10.5. The lowest BCUT2D eigenvalue weighted by Gasteiger charge is -2.57. The topological polar surface area (TPSA) is 88.2 Å². The smallest absolute Gasteiger partial charge is 0.228 e. The highest BCUT2D eigenvalue weighted by Gasteiger charge is 2.55. The van der Waals surface area contributed by atoms with Crippen molar-refractivity contribution in [2.24, 2.45) is 23.2 Å². The zero-order valence-corrected chi connectivity index (χ0v) is 16.8. The molecule has 1 aliphatic heterocycles. The number of nitrogens with two attached hydrogens (primary N) is 1. The standard InChI is InChI=1S/C20H26N6OS/c21-19-24-15-16(22-11-23-17(15)28-19)25-1-3-26(4-2-25)18(27)20-8-12-5-13(9-20)7-14(6-12)10-20/h11-14H,1-10H2,(H2,21,24). The highest BCUT2D eigenvalue weighted by molar-refractivity contribution is 7.21. The Bertz CT molecular complexity index is 899. The van der Waals surface area contributed by atoms with Gasteiger partial charge in [-0.1, -0.05) is 11.3 Å². The van der Waals surface area contributed by atoms with Crippen LogP contribution in [0.15, 0.2) is 6.33 Å². The molecule has 3 heterocycles. The van der Waals surface area contributed by atoms with Gasteiger partial charge in [0, 0.05) is 26.2 Å². The fourth-order valence-electron chi connectivity index (χ4n) is 6.82. The summed E-state index contributed by atoms with van der Waals surface area (Å²) >= 11 is 1.39. The predicted octanol–water partition coefficient (Wildman–Crippen LogP) is 2.53. The first-order valence-corrected chi connectivity index (χ1v) is 11.3. The molecule has 2 aromatic rings. The van der Waals surface area contributed by atoms with Crippen molar-refractivity contribution in [2.75, 3.05) is 36.8 Å². The Hall–Kier alpha value is -1.96. The average Bonchev–Trinajstić information content (AvgIpc) is 3.07. The van der Waals surface area contributed by atoms with Crippen molar-refractivity contribution in [1.82, 2.24) is 19.9 Å². The van der Waals surface area contributed by atoms with Crippen molar-refractivity contribution >= 4 is 38.5 Å². The van der Waals surface area contributed by atoms with Gasteiger partial charge in [-0.3, -0.25) is 4.79 Å². The second-order valence-electron chi connectivity index (χ2n) is 9.38. The number of hydrogen-bond acceptors (Lipinski definition) is 7. The van der Waals surface area contributed by atoms with E-state index in [1.807, 2.05) is 0 Å². The predicted molar refractivity (Wildman–Crippen MR) is 109 cm³/mol. The molecule has 1 amide bonds. The number of aromatic nitrogens is 3. The molecule has 28 heavy (non-hydrogen) atoms. The molecule has 0 aromatic carbocycles. The van der Waals surface area contributed by atoms with Crippen LogP contribution in [0.3, 0.4) is 0 Å². The number of hydrogen-bond donors (Lipinski definition) is 1. The summed E-state index contributed by atoms with van der Waals surface area (Å²) < 4.78 is 0. The van der Waals surface area contributed by atoms with E-state index in [2.05, 4.69) is 24.8 Å². The number of fused-ring (bicyclic) bond motifs is 1. The number of amides is 1. The average molecular weight is 399 g/mol. The Morgan fingerprint density at radius 1 is 1.04 bits per heavy atom. The minimum Gasteiger partial charge on any atom is -0.375 e. The summed E-state index contributed by atoms with van der Waals surface area (Å²) in [7, 11) is 0. The molecule has 0 atom stereocenters. The van der Waals surface area contributed by atoms with Gasteiger partial charge < -0.3 is 15.5 Å². The van der Waals surface area contributed by atoms with E-state index >= 15 is 0 Å². The summed E-state index contributed by atoms with van der Waals surface area (Å²) in [6.45, 7) is 3.13. The monoisotopic (exact) mass is 398 g/mol. The van der Waals surface area contributed by atoms with Crippen LogP contribution in [0.1, 0.15) is 38.5 Å². The van der Waals surface area contributed by atoms with Gasteiger partial charge in [0.1, 0.15) is 11.8 Å². The fraction of sp³-hybridized carbons (Fsp3) is 0.700. The molecule has 0 spiro atoms. The van der Waals surface area contributed by atoms with E-state index in [-0.39, 0.29) is 5.41 Å². The van der Waals surface area contributed by atoms with Gasteiger partial charge in [-0.25, -0.2) is 15.0 Å². The number of piperazine rings is 1. The van der Waals surface area contributed by atoms with Crippen LogP contribution in [-0.2, 0) is 4.79 Å². The Kier molecular flexibility index (Phi) is 3.64. The van der Waals surface area contributed by atoms with Crippen molar-refractivity contribution in [2.45, 2.75) is 38.5 Å². The highest BCUT2D eigenvalue weighted by atomic mass is 32.1. The van der Waals surface area contributed by atoms with E-state index in [1.54, 1.807) is 6.33 Å². The van der Waals surface area contributed by atoms with Crippen LogP contribution in [0.2, 0.25) is 0 Å². The van der Waals surface area contributed by atoms with Crippen molar-refractivity contribution in [3.05, 3.63) is 6.33 Å². The lowest BCUT2D eigenvalue weighted by atomic mass is 9.49. The summed E-state index contributed by atoms with van der Waals surface area (Å²) in [5.74, 6) is 3.71. The third-order valence-electron chi connectivity index (χ3n) is 7.55. The van der Waals surface area contributed by atoms with Crippen molar-refractivity contribution < 1.29 is 4.79 Å². The number of thiazole rings is 1. The third kappa shape index (κ3) is 2.53. The molecule has 1 saturated heterocycles. The number of carbonyl (C=O) groups excluding carboxylic acids is 1.